The molecule has 2 aromatic rings. The topological polar surface area (TPSA) is 58.1 Å². The second-order valence-corrected chi connectivity index (χ2v) is 8.72. The molecule has 0 atom stereocenters. The molecule has 1 heterocycles. The Bertz CT molecular complexity index is 1040. The Morgan fingerprint density at radius 3 is 2.20 bits per heavy atom. The SMILES string of the molecule is CC(C)(C)C1CCC(=Nn2c(-c3ccccc3)cc(C(F)(F)F)c(C#N)c2=O)CC1. The first-order valence-corrected chi connectivity index (χ1v) is 9.92. The van der Waals surface area contributed by atoms with Gasteiger partial charge in [0, 0.05) is 11.3 Å². The first-order chi connectivity index (χ1) is 14.0. The molecule has 1 aromatic carbocycles. The van der Waals surface area contributed by atoms with E-state index in [1.165, 1.54) is 6.07 Å². The Morgan fingerprint density at radius 2 is 1.70 bits per heavy atom. The molecule has 1 saturated carbocycles. The van der Waals surface area contributed by atoms with E-state index in [0.29, 0.717) is 24.3 Å². The van der Waals surface area contributed by atoms with Gasteiger partial charge in [0.2, 0.25) is 0 Å². The van der Waals surface area contributed by atoms with Crippen LogP contribution in [0.5, 0.6) is 0 Å². The van der Waals surface area contributed by atoms with Gasteiger partial charge >= 0.3 is 6.18 Å². The minimum atomic E-state index is -4.81. The zero-order valence-electron chi connectivity index (χ0n) is 17.3. The number of pyridine rings is 1. The molecule has 3 rings (SSSR count). The largest absolute Gasteiger partial charge is 0.417 e. The Labute approximate surface area is 173 Å². The van der Waals surface area contributed by atoms with Gasteiger partial charge < -0.3 is 0 Å². The smallest absolute Gasteiger partial charge is 0.266 e. The maximum atomic E-state index is 13.5. The van der Waals surface area contributed by atoms with Crippen LogP contribution in [0.15, 0.2) is 46.3 Å². The van der Waals surface area contributed by atoms with E-state index in [1.807, 2.05) is 0 Å². The van der Waals surface area contributed by atoms with Crippen LogP contribution >= 0.6 is 0 Å². The summed E-state index contributed by atoms with van der Waals surface area (Å²) in [6.45, 7) is 6.56. The molecular weight excluding hydrogens is 391 g/mol. The van der Waals surface area contributed by atoms with E-state index < -0.39 is 22.9 Å². The summed E-state index contributed by atoms with van der Waals surface area (Å²) in [7, 11) is 0. The van der Waals surface area contributed by atoms with Crippen LogP contribution in [0, 0.1) is 22.7 Å². The Hall–Kier alpha value is -2.88. The normalized spacial score (nSPS) is 17.5. The molecule has 1 aliphatic rings. The van der Waals surface area contributed by atoms with Gasteiger partial charge in [-0.15, -0.1) is 0 Å². The van der Waals surface area contributed by atoms with E-state index >= 15 is 0 Å². The molecule has 0 bridgehead atoms. The molecule has 0 radical (unpaired) electrons. The molecule has 4 nitrogen and oxygen atoms in total. The van der Waals surface area contributed by atoms with Crippen molar-refractivity contribution in [1.82, 2.24) is 4.68 Å². The van der Waals surface area contributed by atoms with Gasteiger partial charge in [-0.3, -0.25) is 4.79 Å². The summed E-state index contributed by atoms with van der Waals surface area (Å²) in [6.07, 6.45) is -1.66. The summed E-state index contributed by atoms with van der Waals surface area (Å²) in [5.41, 5.74) is -1.83. The number of hydrogen-bond donors (Lipinski definition) is 0. The first kappa shape index (κ1) is 21.8. The van der Waals surface area contributed by atoms with Crippen LogP contribution in [0.4, 0.5) is 13.2 Å². The van der Waals surface area contributed by atoms with E-state index in [2.05, 4.69) is 25.9 Å². The van der Waals surface area contributed by atoms with Crippen molar-refractivity contribution in [2.24, 2.45) is 16.4 Å². The number of hydrogen-bond acceptors (Lipinski definition) is 3. The van der Waals surface area contributed by atoms with Crippen LogP contribution in [-0.4, -0.2) is 10.4 Å². The third kappa shape index (κ3) is 4.48. The lowest BCUT2D eigenvalue weighted by Gasteiger charge is -2.34. The zero-order chi connectivity index (χ0) is 22.1. The monoisotopic (exact) mass is 415 g/mol. The highest BCUT2D eigenvalue weighted by molar-refractivity contribution is 5.85. The highest BCUT2D eigenvalue weighted by atomic mass is 19.4. The number of alkyl halides is 3. The predicted molar refractivity (Wildman–Crippen MR) is 110 cm³/mol. The average Bonchev–Trinajstić information content (AvgIpc) is 2.68. The number of halogens is 3. The molecule has 0 spiro atoms. The van der Waals surface area contributed by atoms with Crippen LogP contribution in [-0.2, 0) is 6.18 Å². The fourth-order valence-electron chi connectivity index (χ4n) is 3.90. The minimum absolute atomic E-state index is 0.0253. The molecule has 7 heteroatoms. The maximum absolute atomic E-state index is 13.5. The summed E-state index contributed by atoms with van der Waals surface area (Å²) in [4.78, 5) is 12.9. The van der Waals surface area contributed by atoms with Crippen molar-refractivity contribution in [3.05, 3.63) is 57.9 Å². The van der Waals surface area contributed by atoms with E-state index in [0.717, 1.165) is 29.3 Å². The van der Waals surface area contributed by atoms with Crippen molar-refractivity contribution >= 4 is 5.71 Å². The van der Waals surface area contributed by atoms with Crippen LogP contribution in [0.25, 0.3) is 11.3 Å². The van der Waals surface area contributed by atoms with Gasteiger partial charge in [0.15, 0.2) is 0 Å². The molecule has 1 fully saturated rings. The molecule has 0 aliphatic heterocycles. The number of aromatic nitrogens is 1. The molecule has 0 saturated heterocycles. The summed E-state index contributed by atoms with van der Waals surface area (Å²) in [5.74, 6) is 0.518. The molecule has 0 amide bonds. The summed E-state index contributed by atoms with van der Waals surface area (Å²) >= 11 is 0. The Balaban J connectivity index is 2.15. The quantitative estimate of drug-likeness (QED) is 0.618. The Kier molecular flexibility index (Phi) is 5.89. The summed E-state index contributed by atoms with van der Waals surface area (Å²) in [6, 6.07) is 10.6. The van der Waals surface area contributed by atoms with Crippen molar-refractivity contribution in [3.8, 4) is 17.3 Å². The molecule has 1 aliphatic carbocycles. The van der Waals surface area contributed by atoms with Gasteiger partial charge in [-0.05, 0) is 43.1 Å². The van der Waals surface area contributed by atoms with Crippen LogP contribution in [0.2, 0.25) is 0 Å². The maximum Gasteiger partial charge on any atom is 0.417 e. The number of nitriles is 1. The lowest BCUT2D eigenvalue weighted by Crippen LogP contribution is -2.29. The third-order valence-corrected chi connectivity index (χ3v) is 5.70. The lowest BCUT2D eigenvalue weighted by molar-refractivity contribution is -0.137. The standard InChI is InChI=1S/C23H24F3N3O/c1-22(2,3)16-9-11-17(12-10-16)28-29-20(15-7-5-4-6-8-15)13-19(23(24,25)26)18(14-27)21(29)30/h4-8,13,16H,9-12H2,1-3H3. The minimum Gasteiger partial charge on any atom is -0.266 e. The van der Waals surface area contributed by atoms with Crippen LogP contribution in [0.3, 0.4) is 0 Å². The lowest BCUT2D eigenvalue weighted by atomic mass is 9.72. The van der Waals surface area contributed by atoms with E-state index in [9.17, 15) is 23.2 Å². The highest BCUT2D eigenvalue weighted by Gasteiger charge is 2.37. The van der Waals surface area contributed by atoms with Gasteiger partial charge in [-0.2, -0.15) is 28.2 Å². The second-order valence-electron chi connectivity index (χ2n) is 8.72. The van der Waals surface area contributed by atoms with E-state index in [-0.39, 0.29) is 11.1 Å². The molecule has 0 unspecified atom stereocenters. The zero-order valence-corrected chi connectivity index (χ0v) is 17.3. The van der Waals surface area contributed by atoms with Crippen LogP contribution < -0.4 is 5.56 Å². The third-order valence-electron chi connectivity index (χ3n) is 5.70. The van der Waals surface area contributed by atoms with E-state index in [4.69, 9.17) is 0 Å². The van der Waals surface area contributed by atoms with Crippen molar-refractivity contribution in [3.63, 3.8) is 0 Å². The van der Waals surface area contributed by atoms with Gasteiger partial charge in [-0.25, -0.2) is 0 Å². The van der Waals surface area contributed by atoms with Gasteiger partial charge in [-0.1, -0.05) is 51.1 Å². The summed E-state index contributed by atoms with van der Waals surface area (Å²) < 4.78 is 41.5. The first-order valence-electron chi connectivity index (χ1n) is 9.92. The van der Waals surface area contributed by atoms with Crippen molar-refractivity contribution in [2.45, 2.75) is 52.6 Å². The van der Waals surface area contributed by atoms with Gasteiger partial charge in [0.25, 0.3) is 5.56 Å². The van der Waals surface area contributed by atoms with Crippen molar-refractivity contribution in [2.75, 3.05) is 0 Å². The number of rotatable bonds is 2. The number of benzene rings is 1. The second kappa shape index (κ2) is 8.10. The molecule has 0 N–H and O–H groups in total. The van der Waals surface area contributed by atoms with E-state index in [1.54, 1.807) is 30.3 Å². The molecular formula is C23H24F3N3O. The van der Waals surface area contributed by atoms with Crippen LogP contribution in [0.1, 0.15) is 57.6 Å². The summed E-state index contributed by atoms with van der Waals surface area (Å²) in [5, 5.41) is 13.7. The highest BCUT2D eigenvalue weighted by Crippen LogP contribution is 2.37. The van der Waals surface area contributed by atoms with Crippen molar-refractivity contribution < 1.29 is 13.2 Å². The average molecular weight is 415 g/mol. The predicted octanol–water partition coefficient (Wildman–Crippen LogP) is 5.85. The Morgan fingerprint density at radius 1 is 1.10 bits per heavy atom. The van der Waals surface area contributed by atoms with Gasteiger partial charge in [0.1, 0.15) is 11.6 Å². The molecule has 1 aromatic heterocycles. The van der Waals surface area contributed by atoms with Gasteiger partial charge in [0.05, 0.1) is 11.3 Å². The molecule has 30 heavy (non-hydrogen) atoms. The fourth-order valence-corrected chi connectivity index (χ4v) is 3.90. The fraction of sp³-hybridized carbons (Fsp3) is 0.435. The van der Waals surface area contributed by atoms with Crippen molar-refractivity contribution in [1.29, 1.82) is 5.26 Å². The number of nitrogens with zero attached hydrogens (tertiary/aromatic N) is 3. The molecule has 158 valence electrons.